The molecule has 0 bridgehead atoms. The number of nitrogens with one attached hydrogen (secondary N) is 1. The summed E-state index contributed by atoms with van der Waals surface area (Å²) in [6.45, 7) is 2.98. The molecule has 0 atom stereocenters. The number of aromatic nitrogens is 5. The molecule has 5 rings (SSSR count). The van der Waals surface area contributed by atoms with Gasteiger partial charge in [0.2, 0.25) is 0 Å². The molecule has 0 saturated carbocycles. The summed E-state index contributed by atoms with van der Waals surface area (Å²) in [5.74, 6) is 1.61. The van der Waals surface area contributed by atoms with Crippen LogP contribution in [0.25, 0.3) is 33.4 Å². The fraction of sp³-hybridized carbons (Fsp3) is 0.238. The maximum Gasteiger partial charge on any atom is 0.137 e. The number of nitrogens with zero attached hydrogens (tertiary/aromatic N) is 5. The lowest BCUT2D eigenvalue weighted by Gasteiger charge is -2.28. The molecule has 8 heteroatoms. The molecule has 0 unspecified atom stereocenters. The molecule has 0 radical (unpaired) electrons. The van der Waals surface area contributed by atoms with Gasteiger partial charge in [-0.1, -0.05) is 0 Å². The lowest BCUT2D eigenvalue weighted by molar-refractivity contribution is 0.122. The van der Waals surface area contributed by atoms with Gasteiger partial charge in [-0.15, -0.1) is 0 Å². The molecule has 1 N–H and O–H groups in total. The zero-order valence-corrected chi connectivity index (χ0v) is 16.0. The number of hydrogen-bond donors (Lipinski definition) is 1. The summed E-state index contributed by atoms with van der Waals surface area (Å²) in [6, 6.07) is 7.99. The molecule has 0 aliphatic carbocycles. The highest BCUT2D eigenvalue weighted by molar-refractivity contribution is 6.01. The zero-order chi connectivity index (χ0) is 19.6. The van der Waals surface area contributed by atoms with Gasteiger partial charge < -0.3 is 14.4 Å². The van der Waals surface area contributed by atoms with Crippen LogP contribution in [0.15, 0.2) is 49.1 Å². The Kier molecular flexibility index (Phi) is 4.53. The van der Waals surface area contributed by atoms with Gasteiger partial charge in [-0.05, 0) is 29.8 Å². The van der Waals surface area contributed by atoms with Crippen molar-refractivity contribution in [1.29, 1.82) is 0 Å². The first-order valence-electron chi connectivity index (χ1n) is 9.45. The predicted molar refractivity (Wildman–Crippen MR) is 110 cm³/mol. The number of ether oxygens (including phenoxy) is 2. The van der Waals surface area contributed by atoms with E-state index in [4.69, 9.17) is 14.5 Å². The second-order valence-electron chi connectivity index (χ2n) is 6.77. The molecule has 0 amide bonds. The molecule has 0 aromatic carbocycles. The van der Waals surface area contributed by atoms with E-state index in [0.29, 0.717) is 19.0 Å². The summed E-state index contributed by atoms with van der Waals surface area (Å²) in [5, 5.41) is 8.08. The first-order valence-corrected chi connectivity index (χ1v) is 9.45. The molecule has 1 saturated heterocycles. The highest BCUT2D eigenvalue weighted by atomic mass is 16.5. The first kappa shape index (κ1) is 17.6. The Hall–Kier alpha value is -3.52. The molecule has 8 nitrogen and oxygen atoms in total. The third kappa shape index (κ3) is 3.27. The number of methoxy groups -OCH3 is 1. The quantitative estimate of drug-likeness (QED) is 0.575. The lowest BCUT2D eigenvalue weighted by Crippen LogP contribution is -2.36. The minimum Gasteiger partial charge on any atom is -0.495 e. The topological polar surface area (TPSA) is 89.0 Å². The van der Waals surface area contributed by atoms with Crippen LogP contribution in [0.1, 0.15) is 0 Å². The highest BCUT2D eigenvalue weighted by Gasteiger charge is 2.19. The van der Waals surface area contributed by atoms with E-state index >= 15 is 0 Å². The van der Waals surface area contributed by atoms with Crippen LogP contribution in [0.2, 0.25) is 0 Å². The van der Waals surface area contributed by atoms with Crippen LogP contribution >= 0.6 is 0 Å². The van der Waals surface area contributed by atoms with Crippen molar-refractivity contribution in [3.8, 4) is 28.3 Å². The fourth-order valence-corrected chi connectivity index (χ4v) is 3.59. The Balaban J connectivity index is 1.77. The average Bonchev–Trinajstić information content (AvgIpc) is 3.33. The van der Waals surface area contributed by atoms with Crippen molar-refractivity contribution in [3.05, 3.63) is 49.1 Å². The van der Waals surface area contributed by atoms with E-state index in [9.17, 15) is 0 Å². The third-order valence-electron chi connectivity index (χ3n) is 5.07. The van der Waals surface area contributed by atoms with Crippen LogP contribution in [0.4, 0.5) is 5.82 Å². The number of rotatable bonds is 4. The monoisotopic (exact) mass is 388 g/mol. The maximum absolute atomic E-state index is 5.51. The highest BCUT2D eigenvalue weighted by Crippen LogP contribution is 2.35. The Morgan fingerprint density at radius 2 is 2.00 bits per heavy atom. The van der Waals surface area contributed by atoms with Gasteiger partial charge in [0, 0.05) is 42.6 Å². The minimum absolute atomic E-state index is 0.691. The molecule has 1 aliphatic heterocycles. The summed E-state index contributed by atoms with van der Waals surface area (Å²) in [5.41, 5.74) is 4.42. The Morgan fingerprint density at radius 3 is 2.79 bits per heavy atom. The van der Waals surface area contributed by atoms with Crippen LogP contribution in [0.3, 0.4) is 0 Å². The largest absolute Gasteiger partial charge is 0.495 e. The van der Waals surface area contributed by atoms with Gasteiger partial charge in [0.25, 0.3) is 0 Å². The van der Waals surface area contributed by atoms with Crippen LogP contribution in [-0.2, 0) is 4.74 Å². The number of H-pyrrole nitrogens is 1. The molecular weight excluding hydrogens is 368 g/mol. The number of hydrogen-bond acceptors (Lipinski definition) is 7. The van der Waals surface area contributed by atoms with Crippen LogP contribution in [0, 0.1) is 0 Å². The van der Waals surface area contributed by atoms with Gasteiger partial charge >= 0.3 is 0 Å². The Bertz CT molecular complexity index is 1140. The van der Waals surface area contributed by atoms with Crippen molar-refractivity contribution >= 4 is 16.7 Å². The van der Waals surface area contributed by atoms with Gasteiger partial charge in [-0.2, -0.15) is 5.10 Å². The summed E-state index contributed by atoms with van der Waals surface area (Å²) in [6.07, 6.45) is 7.06. The van der Waals surface area contributed by atoms with E-state index in [-0.39, 0.29) is 0 Å². The van der Waals surface area contributed by atoms with Gasteiger partial charge in [0.1, 0.15) is 22.8 Å². The van der Waals surface area contributed by atoms with Gasteiger partial charge in [0.15, 0.2) is 0 Å². The summed E-state index contributed by atoms with van der Waals surface area (Å²) >= 11 is 0. The number of fused-ring (bicyclic) bond motifs is 1. The smallest absolute Gasteiger partial charge is 0.137 e. The van der Waals surface area contributed by atoms with Crippen molar-refractivity contribution in [2.45, 2.75) is 0 Å². The fourth-order valence-electron chi connectivity index (χ4n) is 3.59. The van der Waals surface area contributed by atoms with Crippen molar-refractivity contribution in [2.24, 2.45) is 0 Å². The summed E-state index contributed by atoms with van der Waals surface area (Å²) < 4.78 is 10.9. The molecule has 29 heavy (non-hydrogen) atoms. The molecule has 5 heterocycles. The molecule has 1 aliphatic rings. The van der Waals surface area contributed by atoms with E-state index in [1.54, 1.807) is 25.7 Å². The molecule has 0 spiro atoms. The van der Waals surface area contributed by atoms with Crippen molar-refractivity contribution in [1.82, 2.24) is 25.1 Å². The van der Waals surface area contributed by atoms with Gasteiger partial charge in [-0.3, -0.25) is 15.1 Å². The van der Waals surface area contributed by atoms with Gasteiger partial charge in [-0.25, -0.2) is 4.98 Å². The second kappa shape index (κ2) is 7.48. The maximum atomic E-state index is 5.51. The predicted octanol–water partition coefficient (Wildman–Crippen LogP) is 2.93. The van der Waals surface area contributed by atoms with Crippen molar-refractivity contribution < 1.29 is 9.47 Å². The standard InChI is InChI=1S/C21H20N6O2/c1-28-15-10-14(12-22-13-15)17-11-19(27-6-8-29-9-7-27)25-20-16(17)2-4-23-21(20)18-3-5-24-26-18/h2-5,10-13H,6-9H2,1H3,(H,24,26). The molecule has 4 aromatic heterocycles. The van der Waals surface area contributed by atoms with E-state index in [2.05, 4.69) is 31.1 Å². The Morgan fingerprint density at radius 1 is 1.10 bits per heavy atom. The van der Waals surface area contributed by atoms with E-state index in [1.165, 1.54) is 0 Å². The van der Waals surface area contributed by atoms with Crippen LogP contribution in [-0.4, -0.2) is 58.6 Å². The van der Waals surface area contributed by atoms with Crippen LogP contribution < -0.4 is 9.64 Å². The molecular formula is C21H20N6O2. The van der Waals surface area contributed by atoms with Crippen molar-refractivity contribution in [2.75, 3.05) is 38.3 Å². The first-order chi connectivity index (χ1) is 14.3. The molecule has 1 fully saturated rings. The normalized spacial score (nSPS) is 14.3. The van der Waals surface area contributed by atoms with E-state index < -0.39 is 0 Å². The summed E-state index contributed by atoms with van der Waals surface area (Å²) in [7, 11) is 1.64. The minimum atomic E-state index is 0.691. The van der Waals surface area contributed by atoms with Crippen LogP contribution in [0.5, 0.6) is 5.75 Å². The summed E-state index contributed by atoms with van der Waals surface area (Å²) in [4.78, 5) is 16.2. The van der Waals surface area contributed by atoms with Crippen molar-refractivity contribution in [3.63, 3.8) is 0 Å². The SMILES string of the molecule is COc1cncc(-c2cc(N3CCOCC3)nc3c(-c4ccn[nH]4)nccc23)c1. The average molecular weight is 388 g/mol. The number of pyridine rings is 3. The van der Waals surface area contributed by atoms with Gasteiger partial charge in [0.05, 0.1) is 32.2 Å². The van der Waals surface area contributed by atoms with E-state index in [1.807, 2.05) is 24.4 Å². The third-order valence-corrected chi connectivity index (χ3v) is 5.07. The number of morpholine rings is 1. The Labute approximate surface area is 167 Å². The second-order valence-corrected chi connectivity index (χ2v) is 6.77. The lowest BCUT2D eigenvalue weighted by atomic mass is 10.0. The number of aromatic amines is 1. The van der Waals surface area contributed by atoms with E-state index in [0.717, 1.165) is 52.3 Å². The number of anilines is 1. The zero-order valence-electron chi connectivity index (χ0n) is 16.0. The molecule has 4 aromatic rings. The molecule has 146 valence electrons.